The Kier molecular flexibility index (Phi) is 8.31. The molecule has 0 radical (unpaired) electrons. The van der Waals surface area contributed by atoms with Crippen molar-refractivity contribution in [1.29, 1.82) is 0 Å². The van der Waals surface area contributed by atoms with E-state index in [1.54, 1.807) is 0 Å². The average Bonchev–Trinajstić information content (AvgIpc) is 2.52. The van der Waals surface area contributed by atoms with E-state index in [4.69, 9.17) is 4.74 Å². The van der Waals surface area contributed by atoms with Crippen LogP contribution in [0, 0.1) is 11.3 Å². The summed E-state index contributed by atoms with van der Waals surface area (Å²) in [7, 11) is 0. The van der Waals surface area contributed by atoms with Crippen molar-refractivity contribution in [1.82, 2.24) is 4.90 Å². The number of ether oxygens (including phenoxy) is 1. The Morgan fingerprint density at radius 3 is 2.29 bits per heavy atom. The summed E-state index contributed by atoms with van der Waals surface area (Å²) in [5.74, 6) is 0.688. The second-order valence-electron chi connectivity index (χ2n) is 6.72. The number of esters is 1. The van der Waals surface area contributed by atoms with Crippen molar-refractivity contribution in [2.45, 2.75) is 72.6 Å². The van der Waals surface area contributed by atoms with Crippen LogP contribution in [0.25, 0.3) is 0 Å². The molecular weight excluding hydrogens is 262 g/mol. The van der Waals surface area contributed by atoms with Gasteiger partial charge in [0, 0.05) is 6.54 Å². The second kappa shape index (κ2) is 9.45. The molecule has 0 bridgehead atoms. The van der Waals surface area contributed by atoms with Gasteiger partial charge < -0.3 is 9.64 Å². The molecule has 1 aliphatic carbocycles. The molecule has 1 atom stereocenters. The van der Waals surface area contributed by atoms with E-state index >= 15 is 0 Å². The van der Waals surface area contributed by atoms with Gasteiger partial charge in [0.15, 0.2) is 0 Å². The zero-order valence-corrected chi connectivity index (χ0v) is 14.6. The lowest BCUT2D eigenvalue weighted by atomic mass is 9.69. The lowest BCUT2D eigenvalue weighted by Gasteiger charge is -2.37. The quantitative estimate of drug-likeness (QED) is 0.596. The Morgan fingerprint density at radius 2 is 1.76 bits per heavy atom. The molecule has 1 saturated carbocycles. The summed E-state index contributed by atoms with van der Waals surface area (Å²) in [5.41, 5.74) is -0.184. The number of hydrogen-bond donors (Lipinski definition) is 0. The minimum atomic E-state index is -0.184. The Bertz CT molecular complexity index is 294. The van der Waals surface area contributed by atoms with Crippen LogP contribution >= 0.6 is 0 Å². The number of rotatable bonds is 9. The van der Waals surface area contributed by atoms with Gasteiger partial charge in [0.05, 0.1) is 5.41 Å². The molecule has 0 aromatic rings. The maximum absolute atomic E-state index is 12.7. The summed E-state index contributed by atoms with van der Waals surface area (Å²) >= 11 is 0. The zero-order valence-electron chi connectivity index (χ0n) is 14.6. The van der Waals surface area contributed by atoms with Crippen molar-refractivity contribution in [2.75, 3.05) is 26.2 Å². The van der Waals surface area contributed by atoms with Crippen molar-refractivity contribution >= 4 is 5.97 Å². The summed E-state index contributed by atoms with van der Waals surface area (Å²) in [4.78, 5) is 15.0. The molecule has 124 valence electrons. The highest BCUT2D eigenvalue weighted by Gasteiger charge is 2.41. The van der Waals surface area contributed by atoms with Crippen LogP contribution in [0.5, 0.6) is 0 Å². The molecule has 0 aromatic heterocycles. The predicted octanol–water partition coefficient (Wildman–Crippen LogP) is 4.26. The van der Waals surface area contributed by atoms with Gasteiger partial charge in [0.2, 0.25) is 0 Å². The summed E-state index contributed by atoms with van der Waals surface area (Å²) < 4.78 is 5.68. The first-order chi connectivity index (χ1) is 10.1. The van der Waals surface area contributed by atoms with Crippen LogP contribution in [0.3, 0.4) is 0 Å². The minimum absolute atomic E-state index is 0.0784. The molecule has 0 aliphatic heterocycles. The summed E-state index contributed by atoms with van der Waals surface area (Å²) in [5, 5.41) is 0. The Labute approximate surface area is 131 Å². The van der Waals surface area contributed by atoms with Crippen LogP contribution < -0.4 is 0 Å². The molecule has 1 fully saturated rings. The van der Waals surface area contributed by atoms with Crippen molar-refractivity contribution in [3.8, 4) is 0 Å². The average molecular weight is 297 g/mol. The minimum Gasteiger partial charge on any atom is -0.464 e. The molecule has 0 N–H and O–H groups in total. The fraction of sp³-hybridized carbons (Fsp3) is 0.944. The summed E-state index contributed by atoms with van der Waals surface area (Å²) in [6.07, 6.45) is 7.85. The van der Waals surface area contributed by atoms with Crippen molar-refractivity contribution in [2.24, 2.45) is 11.3 Å². The molecule has 0 aromatic carbocycles. The predicted molar refractivity (Wildman–Crippen MR) is 88.3 cm³/mol. The van der Waals surface area contributed by atoms with Gasteiger partial charge in [-0.15, -0.1) is 0 Å². The highest BCUT2D eigenvalue weighted by atomic mass is 16.5. The fourth-order valence-electron chi connectivity index (χ4n) is 3.49. The SMILES string of the molecule is CC[C@@H](C)CC1(C(=O)OCCN(CC)CC)CCCCC1. The molecule has 1 rings (SSSR count). The summed E-state index contributed by atoms with van der Waals surface area (Å²) in [6, 6.07) is 0. The van der Waals surface area contributed by atoms with E-state index in [0.717, 1.165) is 45.3 Å². The zero-order chi connectivity index (χ0) is 15.7. The molecule has 1 aliphatic rings. The lowest BCUT2D eigenvalue weighted by molar-refractivity contribution is -0.160. The number of carbonyl (C=O) groups is 1. The van der Waals surface area contributed by atoms with E-state index in [1.165, 1.54) is 19.3 Å². The van der Waals surface area contributed by atoms with Crippen LogP contribution in [-0.4, -0.2) is 37.1 Å². The second-order valence-corrected chi connectivity index (χ2v) is 6.72. The first kappa shape index (κ1) is 18.5. The number of hydrogen-bond acceptors (Lipinski definition) is 3. The molecule has 21 heavy (non-hydrogen) atoms. The molecule has 0 saturated heterocycles. The number of carbonyl (C=O) groups excluding carboxylic acids is 1. The first-order valence-corrected chi connectivity index (χ1v) is 8.97. The monoisotopic (exact) mass is 297 g/mol. The Balaban J connectivity index is 2.55. The molecular formula is C18H35NO2. The third kappa shape index (κ3) is 5.61. The number of nitrogens with zero attached hydrogens (tertiary/aromatic N) is 1. The Morgan fingerprint density at radius 1 is 1.14 bits per heavy atom. The summed E-state index contributed by atoms with van der Waals surface area (Å²) in [6.45, 7) is 12.2. The van der Waals surface area contributed by atoms with Gasteiger partial charge in [-0.3, -0.25) is 4.79 Å². The van der Waals surface area contributed by atoms with Gasteiger partial charge in [0.25, 0.3) is 0 Å². The molecule has 3 heteroatoms. The van der Waals surface area contributed by atoms with Crippen LogP contribution in [0.15, 0.2) is 0 Å². The van der Waals surface area contributed by atoms with E-state index < -0.39 is 0 Å². The van der Waals surface area contributed by atoms with Crippen molar-refractivity contribution in [3.05, 3.63) is 0 Å². The maximum atomic E-state index is 12.7. The highest BCUT2D eigenvalue weighted by molar-refractivity contribution is 5.77. The Hall–Kier alpha value is -0.570. The lowest BCUT2D eigenvalue weighted by Crippen LogP contribution is -2.38. The van der Waals surface area contributed by atoms with Crippen LogP contribution in [0.1, 0.15) is 72.6 Å². The fourth-order valence-corrected chi connectivity index (χ4v) is 3.49. The van der Waals surface area contributed by atoms with Crippen molar-refractivity contribution < 1.29 is 9.53 Å². The third-order valence-corrected chi connectivity index (χ3v) is 5.21. The van der Waals surface area contributed by atoms with Gasteiger partial charge in [0.1, 0.15) is 6.61 Å². The van der Waals surface area contributed by atoms with Crippen molar-refractivity contribution in [3.63, 3.8) is 0 Å². The molecule has 0 unspecified atom stereocenters. The van der Waals surface area contributed by atoms with Gasteiger partial charge in [-0.1, -0.05) is 53.4 Å². The van der Waals surface area contributed by atoms with E-state index in [0.29, 0.717) is 12.5 Å². The van der Waals surface area contributed by atoms with Gasteiger partial charge in [-0.25, -0.2) is 0 Å². The topological polar surface area (TPSA) is 29.5 Å². The van der Waals surface area contributed by atoms with Crippen LogP contribution in [0.4, 0.5) is 0 Å². The van der Waals surface area contributed by atoms with E-state index in [9.17, 15) is 4.79 Å². The maximum Gasteiger partial charge on any atom is 0.312 e. The van der Waals surface area contributed by atoms with Gasteiger partial charge in [-0.05, 0) is 38.3 Å². The third-order valence-electron chi connectivity index (χ3n) is 5.21. The molecule has 3 nitrogen and oxygen atoms in total. The smallest absolute Gasteiger partial charge is 0.312 e. The van der Waals surface area contributed by atoms with Gasteiger partial charge in [-0.2, -0.15) is 0 Å². The van der Waals surface area contributed by atoms with E-state index in [-0.39, 0.29) is 11.4 Å². The van der Waals surface area contributed by atoms with E-state index in [2.05, 4.69) is 32.6 Å². The molecule has 0 heterocycles. The highest BCUT2D eigenvalue weighted by Crippen LogP contribution is 2.43. The van der Waals surface area contributed by atoms with Crippen LogP contribution in [0.2, 0.25) is 0 Å². The normalized spacial score (nSPS) is 19.5. The number of likely N-dealkylation sites (N-methyl/N-ethyl adjacent to an activating group) is 1. The molecule has 0 spiro atoms. The largest absolute Gasteiger partial charge is 0.464 e. The van der Waals surface area contributed by atoms with Crippen LogP contribution in [-0.2, 0) is 9.53 Å². The first-order valence-electron chi connectivity index (χ1n) is 8.97. The van der Waals surface area contributed by atoms with E-state index in [1.807, 2.05) is 0 Å². The molecule has 0 amide bonds. The standard InChI is InChI=1S/C18H35NO2/c1-5-16(4)15-18(11-9-8-10-12-18)17(20)21-14-13-19(6-2)7-3/h16H,5-15H2,1-4H3/t16-/m1/s1. The van der Waals surface area contributed by atoms with Gasteiger partial charge >= 0.3 is 5.97 Å².